The molecule has 7 heteroatoms. The van der Waals surface area contributed by atoms with Gasteiger partial charge in [-0.25, -0.2) is 4.79 Å². The number of nitrogens with zero attached hydrogens (tertiary/aromatic N) is 2. The highest BCUT2D eigenvalue weighted by atomic mass is 35.5. The van der Waals surface area contributed by atoms with Gasteiger partial charge in [-0.3, -0.25) is 9.48 Å². The van der Waals surface area contributed by atoms with E-state index in [2.05, 4.69) is 24.3 Å². The van der Waals surface area contributed by atoms with Crippen molar-refractivity contribution < 1.29 is 14.3 Å². The predicted molar refractivity (Wildman–Crippen MR) is 102 cm³/mol. The second kappa shape index (κ2) is 8.67. The third-order valence-electron chi connectivity index (χ3n) is 3.64. The fourth-order valence-electron chi connectivity index (χ4n) is 2.44. The lowest BCUT2D eigenvalue weighted by atomic mass is 10.1. The SMILES string of the molecule is COC(=O)c1ccccc1NC(=O)/C=C\c1c(C)nn(CC(C)C)c1Cl. The van der Waals surface area contributed by atoms with E-state index in [1.165, 1.54) is 13.2 Å². The zero-order valence-corrected chi connectivity index (χ0v) is 16.0. The average molecular weight is 376 g/mol. The maximum Gasteiger partial charge on any atom is 0.339 e. The Balaban J connectivity index is 2.17. The summed E-state index contributed by atoms with van der Waals surface area (Å²) in [4.78, 5) is 24.0. The number of rotatable bonds is 6. The van der Waals surface area contributed by atoms with Gasteiger partial charge in [-0.1, -0.05) is 37.6 Å². The Morgan fingerprint density at radius 2 is 2.04 bits per heavy atom. The maximum atomic E-state index is 12.2. The molecule has 26 heavy (non-hydrogen) atoms. The molecule has 0 unspecified atom stereocenters. The van der Waals surface area contributed by atoms with E-state index in [0.29, 0.717) is 28.9 Å². The summed E-state index contributed by atoms with van der Waals surface area (Å²) in [5.41, 5.74) is 2.11. The number of carbonyl (C=O) groups is 2. The number of carbonyl (C=O) groups excluding carboxylic acids is 2. The molecule has 1 amide bonds. The lowest BCUT2D eigenvalue weighted by molar-refractivity contribution is -0.111. The van der Waals surface area contributed by atoms with E-state index in [1.807, 2.05) is 6.92 Å². The number of hydrogen-bond donors (Lipinski definition) is 1. The summed E-state index contributed by atoms with van der Waals surface area (Å²) < 4.78 is 6.44. The van der Waals surface area contributed by atoms with Crippen molar-refractivity contribution >= 4 is 35.2 Å². The molecule has 1 N–H and O–H groups in total. The zero-order chi connectivity index (χ0) is 19.3. The summed E-state index contributed by atoms with van der Waals surface area (Å²) >= 11 is 6.36. The molecule has 1 aromatic carbocycles. The molecule has 0 saturated heterocycles. The summed E-state index contributed by atoms with van der Waals surface area (Å²) in [6.07, 6.45) is 2.99. The predicted octanol–water partition coefficient (Wildman–Crippen LogP) is 3.94. The van der Waals surface area contributed by atoms with Crippen LogP contribution < -0.4 is 5.32 Å². The average Bonchev–Trinajstić information content (AvgIpc) is 2.85. The molecule has 6 nitrogen and oxygen atoms in total. The van der Waals surface area contributed by atoms with Crippen molar-refractivity contribution in [2.45, 2.75) is 27.3 Å². The largest absolute Gasteiger partial charge is 0.465 e. The van der Waals surface area contributed by atoms with Crippen molar-refractivity contribution in [3.8, 4) is 0 Å². The minimum Gasteiger partial charge on any atom is -0.465 e. The highest BCUT2D eigenvalue weighted by molar-refractivity contribution is 6.31. The Labute approximate surface area is 157 Å². The normalized spacial score (nSPS) is 11.2. The molecule has 1 aromatic heterocycles. The molecule has 0 aliphatic heterocycles. The highest BCUT2D eigenvalue weighted by Crippen LogP contribution is 2.22. The lowest BCUT2D eigenvalue weighted by Gasteiger charge is -2.07. The van der Waals surface area contributed by atoms with E-state index in [9.17, 15) is 9.59 Å². The van der Waals surface area contributed by atoms with Gasteiger partial charge in [0.15, 0.2) is 0 Å². The monoisotopic (exact) mass is 375 g/mol. The number of amides is 1. The standard InChI is InChI=1S/C19H22ClN3O3/c1-12(2)11-23-18(20)14(13(3)22-23)9-10-17(24)21-16-8-6-5-7-15(16)19(25)26-4/h5-10,12H,11H2,1-4H3,(H,21,24)/b10-9-. The molecular formula is C19H22ClN3O3. The molecule has 0 aliphatic carbocycles. The number of methoxy groups -OCH3 is 1. The van der Waals surface area contributed by atoms with Crippen LogP contribution >= 0.6 is 11.6 Å². The lowest BCUT2D eigenvalue weighted by Crippen LogP contribution is -2.12. The van der Waals surface area contributed by atoms with Gasteiger partial charge in [0.25, 0.3) is 0 Å². The van der Waals surface area contributed by atoms with Crippen LogP contribution in [0.1, 0.15) is 35.5 Å². The van der Waals surface area contributed by atoms with Gasteiger partial charge in [-0.2, -0.15) is 5.10 Å². The highest BCUT2D eigenvalue weighted by Gasteiger charge is 2.14. The molecule has 0 spiro atoms. The van der Waals surface area contributed by atoms with Gasteiger partial charge < -0.3 is 10.1 Å². The third-order valence-corrected chi connectivity index (χ3v) is 4.04. The molecule has 0 saturated carbocycles. The fraction of sp³-hybridized carbons (Fsp3) is 0.316. The first kappa shape index (κ1) is 19.7. The second-order valence-electron chi connectivity index (χ2n) is 6.23. The number of halogens is 1. The van der Waals surface area contributed by atoms with Crippen molar-refractivity contribution in [3.05, 3.63) is 52.3 Å². The molecule has 0 fully saturated rings. The third kappa shape index (κ3) is 4.73. The minimum absolute atomic E-state index is 0.288. The summed E-state index contributed by atoms with van der Waals surface area (Å²) in [5, 5.41) is 7.57. The van der Waals surface area contributed by atoms with Crippen LogP contribution in [0.2, 0.25) is 5.15 Å². The van der Waals surface area contributed by atoms with Gasteiger partial charge in [-0.15, -0.1) is 0 Å². The number of anilines is 1. The number of nitrogens with one attached hydrogen (secondary N) is 1. The Morgan fingerprint density at radius 3 is 2.69 bits per heavy atom. The van der Waals surface area contributed by atoms with Crippen LogP contribution in [-0.4, -0.2) is 28.8 Å². The summed E-state index contributed by atoms with van der Waals surface area (Å²) in [6.45, 7) is 6.70. The molecule has 2 rings (SSSR count). The zero-order valence-electron chi connectivity index (χ0n) is 15.2. The maximum absolute atomic E-state index is 12.2. The van der Waals surface area contributed by atoms with E-state index < -0.39 is 5.97 Å². The first-order valence-corrected chi connectivity index (χ1v) is 8.60. The van der Waals surface area contributed by atoms with Crippen LogP contribution in [0.3, 0.4) is 0 Å². The van der Waals surface area contributed by atoms with Gasteiger partial charge in [0.2, 0.25) is 5.91 Å². The molecular weight excluding hydrogens is 354 g/mol. The van der Waals surface area contributed by atoms with Crippen molar-refractivity contribution in [2.24, 2.45) is 5.92 Å². The van der Waals surface area contributed by atoms with E-state index in [-0.39, 0.29) is 11.5 Å². The van der Waals surface area contributed by atoms with Crippen LogP contribution in [0.15, 0.2) is 30.3 Å². The van der Waals surface area contributed by atoms with Crippen molar-refractivity contribution in [1.82, 2.24) is 9.78 Å². The molecule has 138 valence electrons. The first-order valence-electron chi connectivity index (χ1n) is 8.22. The quantitative estimate of drug-likeness (QED) is 0.613. The van der Waals surface area contributed by atoms with E-state index in [1.54, 1.807) is 35.0 Å². The number of aromatic nitrogens is 2. The number of esters is 1. The van der Waals surface area contributed by atoms with Crippen molar-refractivity contribution in [3.63, 3.8) is 0 Å². The number of ether oxygens (including phenoxy) is 1. The van der Waals surface area contributed by atoms with Crippen LogP contribution in [0, 0.1) is 12.8 Å². The second-order valence-corrected chi connectivity index (χ2v) is 6.58. The van der Waals surface area contributed by atoms with E-state index in [0.717, 1.165) is 5.69 Å². The van der Waals surface area contributed by atoms with Crippen LogP contribution in [0.4, 0.5) is 5.69 Å². The van der Waals surface area contributed by atoms with Crippen molar-refractivity contribution in [2.75, 3.05) is 12.4 Å². The molecule has 1 heterocycles. The molecule has 2 aromatic rings. The topological polar surface area (TPSA) is 73.2 Å². The summed E-state index contributed by atoms with van der Waals surface area (Å²) in [6, 6.07) is 6.64. The molecule has 0 radical (unpaired) electrons. The Morgan fingerprint density at radius 1 is 1.35 bits per heavy atom. The first-order chi connectivity index (χ1) is 12.3. The Hall–Kier alpha value is -2.60. The number of hydrogen-bond acceptors (Lipinski definition) is 4. The number of para-hydroxylation sites is 1. The van der Waals surface area contributed by atoms with Crippen molar-refractivity contribution in [1.29, 1.82) is 0 Å². The Kier molecular flexibility index (Phi) is 6.58. The van der Waals surface area contributed by atoms with E-state index >= 15 is 0 Å². The number of benzene rings is 1. The van der Waals surface area contributed by atoms with Gasteiger partial charge in [-0.05, 0) is 31.1 Å². The van der Waals surface area contributed by atoms with Crippen LogP contribution in [0.25, 0.3) is 6.08 Å². The summed E-state index contributed by atoms with van der Waals surface area (Å²) in [7, 11) is 1.29. The van der Waals surface area contributed by atoms with Crippen LogP contribution in [-0.2, 0) is 16.1 Å². The molecule has 0 aliphatic rings. The fourth-order valence-corrected chi connectivity index (χ4v) is 2.74. The van der Waals surface area contributed by atoms with E-state index in [4.69, 9.17) is 16.3 Å². The molecule has 0 bridgehead atoms. The van der Waals surface area contributed by atoms with Gasteiger partial charge in [0, 0.05) is 18.2 Å². The van der Waals surface area contributed by atoms with Gasteiger partial charge in [0.05, 0.1) is 24.1 Å². The van der Waals surface area contributed by atoms with Gasteiger partial charge in [0.1, 0.15) is 5.15 Å². The summed E-state index contributed by atoms with van der Waals surface area (Å²) in [5.74, 6) is -0.492. The smallest absolute Gasteiger partial charge is 0.339 e. The van der Waals surface area contributed by atoms with Gasteiger partial charge >= 0.3 is 5.97 Å². The minimum atomic E-state index is -0.515. The van der Waals surface area contributed by atoms with Crippen LogP contribution in [0.5, 0.6) is 0 Å². The Bertz CT molecular complexity index is 841. The molecule has 0 atom stereocenters. The number of aryl methyl sites for hydroxylation is 1.